The number of thiazole rings is 1. The van der Waals surface area contributed by atoms with E-state index in [4.69, 9.17) is 4.74 Å². The summed E-state index contributed by atoms with van der Waals surface area (Å²) >= 11 is 1.27. The minimum Gasteiger partial charge on any atom is -0.458 e. The molecule has 0 radical (unpaired) electrons. The Bertz CT molecular complexity index is 896. The van der Waals surface area contributed by atoms with E-state index in [2.05, 4.69) is 9.71 Å². The van der Waals surface area contributed by atoms with Gasteiger partial charge >= 0.3 is 5.97 Å². The zero-order valence-electron chi connectivity index (χ0n) is 15.2. The predicted molar refractivity (Wildman–Crippen MR) is 102 cm³/mol. The largest absolute Gasteiger partial charge is 0.458 e. The Kier molecular flexibility index (Phi) is 7.05. The lowest BCUT2D eigenvalue weighted by Crippen LogP contribution is -2.39. The highest BCUT2D eigenvalue weighted by atomic mass is 32.2. The van der Waals surface area contributed by atoms with Crippen molar-refractivity contribution in [3.8, 4) is 0 Å². The highest BCUT2D eigenvalue weighted by molar-refractivity contribution is 7.89. The van der Waals surface area contributed by atoms with Crippen molar-refractivity contribution in [3.05, 3.63) is 41.4 Å². The van der Waals surface area contributed by atoms with E-state index in [0.717, 1.165) is 0 Å². The van der Waals surface area contributed by atoms with Gasteiger partial charge in [0.25, 0.3) is 0 Å². The van der Waals surface area contributed by atoms with Gasteiger partial charge in [-0.1, -0.05) is 18.2 Å². The number of nitrogens with one attached hydrogen (secondary N) is 1. The number of sulfonamides is 1. The molecule has 1 aromatic heterocycles. The Balaban J connectivity index is 1.94. The number of amides is 1. The van der Waals surface area contributed by atoms with E-state index in [1.54, 1.807) is 23.6 Å². The van der Waals surface area contributed by atoms with Gasteiger partial charge in [-0.2, -0.15) is 4.72 Å². The molecule has 8 nitrogen and oxygen atoms in total. The van der Waals surface area contributed by atoms with Crippen LogP contribution in [-0.2, 0) is 31.0 Å². The minimum absolute atomic E-state index is 0.0673. The van der Waals surface area contributed by atoms with E-state index < -0.39 is 22.0 Å². The maximum Gasteiger partial charge on any atom is 0.324 e. The second kappa shape index (κ2) is 9.07. The van der Waals surface area contributed by atoms with Gasteiger partial charge in [0.1, 0.15) is 12.6 Å². The lowest BCUT2D eigenvalue weighted by Gasteiger charge is -2.14. The lowest BCUT2D eigenvalue weighted by atomic mass is 10.4. The number of benzene rings is 1. The van der Waals surface area contributed by atoms with Gasteiger partial charge in [-0.05, 0) is 26.0 Å². The van der Waals surface area contributed by atoms with Gasteiger partial charge < -0.3 is 4.74 Å². The van der Waals surface area contributed by atoms with E-state index in [0.29, 0.717) is 17.4 Å². The summed E-state index contributed by atoms with van der Waals surface area (Å²) in [7, 11) is -3.82. The molecular weight excluding hydrogens is 390 g/mol. The molecule has 0 saturated carbocycles. The van der Waals surface area contributed by atoms with E-state index in [-0.39, 0.29) is 17.4 Å². The van der Waals surface area contributed by atoms with Crippen LogP contribution >= 0.6 is 11.3 Å². The van der Waals surface area contributed by atoms with Gasteiger partial charge in [-0.25, -0.2) is 13.4 Å². The summed E-state index contributed by atoms with van der Waals surface area (Å²) in [6, 6.07) is 6.70. The molecule has 0 aliphatic rings. The van der Waals surface area contributed by atoms with Crippen LogP contribution in [0.25, 0.3) is 0 Å². The fraction of sp³-hybridized carbons (Fsp3) is 0.353. The van der Waals surface area contributed by atoms with Crippen LogP contribution in [0.3, 0.4) is 0 Å². The first-order valence-electron chi connectivity index (χ1n) is 8.21. The van der Waals surface area contributed by atoms with Crippen LogP contribution in [0.5, 0.6) is 0 Å². The Labute approximate surface area is 162 Å². The maximum absolute atomic E-state index is 12.2. The first-order valence-corrected chi connectivity index (χ1v) is 10.6. The monoisotopic (exact) mass is 411 g/mol. The van der Waals surface area contributed by atoms with Crippen molar-refractivity contribution >= 4 is 38.4 Å². The van der Waals surface area contributed by atoms with Crippen molar-refractivity contribution in [2.75, 3.05) is 11.4 Å². The number of ether oxygens (including phenoxy) is 1. The molecule has 2 aromatic rings. The van der Waals surface area contributed by atoms with Gasteiger partial charge in [0, 0.05) is 18.8 Å². The van der Waals surface area contributed by atoms with Crippen LogP contribution < -0.4 is 9.62 Å². The number of carbonyl (C=O) groups excluding carboxylic acids is 2. The Morgan fingerprint density at radius 3 is 2.56 bits per heavy atom. The van der Waals surface area contributed by atoms with Crippen molar-refractivity contribution in [1.29, 1.82) is 0 Å². The van der Waals surface area contributed by atoms with Crippen LogP contribution in [0.1, 0.15) is 26.5 Å². The number of nitrogens with zero attached hydrogens (tertiary/aromatic N) is 2. The average molecular weight is 412 g/mol. The van der Waals surface area contributed by atoms with Crippen molar-refractivity contribution in [3.63, 3.8) is 0 Å². The van der Waals surface area contributed by atoms with Gasteiger partial charge in [0.05, 0.1) is 10.6 Å². The molecule has 1 heterocycles. The van der Waals surface area contributed by atoms with Crippen LogP contribution in [0.2, 0.25) is 0 Å². The third kappa shape index (κ3) is 5.59. The van der Waals surface area contributed by atoms with Crippen LogP contribution in [0.15, 0.2) is 40.6 Å². The molecule has 0 spiro atoms. The molecule has 1 aromatic carbocycles. The number of hydrogen-bond acceptors (Lipinski definition) is 7. The molecule has 1 atom stereocenters. The van der Waals surface area contributed by atoms with Gasteiger partial charge in [-0.3, -0.25) is 14.5 Å². The van der Waals surface area contributed by atoms with Crippen molar-refractivity contribution < 1.29 is 22.7 Å². The zero-order chi connectivity index (χ0) is 20.0. The Morgan fingerprint density at radius 1 is 1.30 bits per heavy atom. The summed E-state index contributed by atoms with van der Waals surface area (Å²) in [4.78, 5) is 29.5. The summed E-state index contributed by atoms with van der Waals surface area (Å²) in [5.41, 5.74) is 0.487. The third-order valence-corrected chi connectivity index (χ3v) is 6.04. The number of rotatable bonds is 8. The van der Waals surface area contributed by atoms with Crippen molar-refractivity contribution in [2.24, 2.45) is 0 Å². The molecule has 1 N–H and O–H groups in total. The number of carbonyl (C=O) groups is 2. The highest BCUT2D eigenvalue weighted by Crippen LogP contribution is 2.21. The van der Waals surface area contributed by atoms with Crippen molar-refractivity contribution in [1.82, 2.24) is 9.71 Å². The van der Waals surface area contributed by atoms with Gasteiger partial charge in [0.2, 0.25) is 15.9 Å². The second-order valence-corrected chi connectivity index (χ2v) is 8.20. The molecule has 0 aliphatic carbocycles. The highest BCUT2D eigenvalue weighted by Gasteiger charge is 2.23. The molecule has 0 saturated heterocycles. The number of anilines is 1. The summed E-state index contributed by atoms with van der Waals surface area (Å²) in [6.07, 6.45) is 0. The van der Waals surface area contributed by atoms with Gasteiger partial charge in [0.15, 0.2) is 5.13 Å². The smallest absolute Gasteiger partial charge is 0.324 e. The van der Waals surface area contributed by atoms with Crippen LogP contribution in [-0.4, -0.2) is 37.9 Å². The van der Waals surface area contributed by atoms with E-state index in [1.807, 2.05) is 6.92 Å². The normalized spacial score (nSPS) is 12.4. The fourth-order valence-corrected chi connectivity index (χ4v) is 4.33. The standard InChI is InChI=1S/C17H21N3O5S2/c1-4-20(13(3)21)17-18-14(11-26-17)10-25-16(22)12(2)19-27(23,24)15-8-6-5-7-9-15/h5-9,11-12,19H,4,10H2,1-3H3/t12-/m0/s1. The van der Waals surface area contributed by atoms with E-state index >= 15 is 0 Å². The molecule has 0 bridgehead atoms. The molecule has 146 valence electrons. The molecule has 0 unspecified atom stereocenters. The van der Waals surface area contributed by atoms with Crippen LogP contribution in [0, 0.1) is 0 Å². The molecule has 0 fully saturated rings. The summed E-state index contributed by atoms with van der Waals surface area (Å²) < 4.78 is 31.9. The molecule has 27 heavy (non-hydrogen) atoms. The first kappa shape index (κ1) is 21.0. The third-order valence-electron chi connectivity index (χ3n) is 3.57. The SMILES string of the molecule is CCN(C(C)=O)c1nc(COC(=O)[C@H](C)NS(=O)(=O)c2ccccc2)cs1. The first-order chi connectivity index (χ1) is 12.7. The summed E-state index contributed by atoms with van der Waals surface area (Å²) in [6.45, 7) is 5.07. The average Bonchev–Trinajstić information content (AvgIpc) is 3.09. The van der Waals surface area contributed by atoms with E-state index in [1.165, 1.54) is 42.2 Å². The number of esters is 1. The van der Waals surface area contributed by atoms with Crippen molar-refractivity contribution in [2.45, 2.75) is 38.3 Å². The van der Waals surface area contributed by atoms with Gasteiger partial charge in [-0.15, -0.1) is 11.3 Å². The lowest BCUT2D eigenvalue weighted by molar-refractivity contribution is -0.146. The zero-order valence-corrected chi connectivity index (χ0v) is 16.8. The van der Waals surface area contributed by atoms with E-state index in [9.17, 15) is 18.0 Å². The summed E-state index contributed by atoms with van der Waals surface area (Å²) in [5, 5.41) is 2.21. The molecule has 1 amide bonds. The summed E-state index contributed by atoms with van der Waals surface area (Å²) in [5.74, 6) is -0.845. The fourth-order valence-electron chi connectivity index (χ4n) is 2.20. The molecule has 2 rings (SSSR count). The number of aromatic nitrogens is 1. The molecular formula is C17H21N3O5S2. The maximum atomic E-state index is 12.2. The van der Waals surface area contributed by atoms with Crippen LogP contribution in [0.4, 0.5) is 5.13 Å². The molecule has 0 aliphatic heterocycles. The Hall–Kier alpha value is -2.30. The minimum atomic E-state index is -3.82. The second-order valence-electron chi connectivity index (χ2n) is 5.65. The predicted octanol–water partition coefficient (Wildman–Crippen LogP) is 1.93. The number of hydrogen-bond donors (Lipinski definition) is 1. The molecule has 10 heteroatoms. The topological polar surface area (TPSA) is 106 Å². The Morgan fingerprint density at radius 2 is 1.96 bits per heavy atom. The quantitative estimate of drug-likeness (QED) is 0.666.